The van der Waals surface area contributed by atoms with Crippen LogP contribution in [0.15, 0.2) is 54.7 Å². The van der Waals surface area contributed by atoms with Gasteiger partial charge in [0, 0.05) is 23.9 Å². The van der Waals surface area contributed by atoms with E-state index in [1.54, 1.807) is 24.3 Å². The summed E-state index contributed by atoms with van der Waals surface area (Å²) in [6.07, 6.45) is 2.44. The minimum Gasteiger partial charge on any atom is -0.497 e. The van der Waals surface area contributed by atoms with Gasteiger partial charge in [0.1, 0.15) is 11.4 Å². The van der Waals surface area contributed by atoms with Gasteiger partial charge in [-0.3, -0.25) is 25.0 Å². The van der Waals surface area contributed by atoms with Crippen molar-refractivity contribution < 1.29 is 19.4 Å². The van der Waals surface area contributed by atoms with Crippen LogP contribution in [-0.2, 0) is 0 Å². The number of allylic oxidation sites excluding steroid dienone is 1. The average Bonchev–Trinajstić information content (AvgIpc) is 2.61. The quantitative estimate of drug-likeness (QED) is 0.354. The molecule has 9 heteroatoms. The number of carbonyl (C=O) groups is 1. The fraction of sp³-hybridized carbons (Fsp3) is 0.0625. The van der Waals surface area contributed by atoms with Crippen LogP contribution in [0, 0.1) is 20.2 Å². The predicted octanol–water partition coefficient (Wildman–Crippen LogP) is 3.32. The van der Waals surface area contributed by atoms with Crippen molar-refractivity contribution >= 4 is 22.8 Å². The lowest BCUT2D eigenvalue weighted by Gasteiger charge is -2.03. The number of non-ortho nitro benzene ring substituents is 1. The highest BCUT2D eigenvalue weighted by molar-refractivity contribution is 6.04. The maximum Gasteiger partial charge on any atom is 0.299 e. The molecule has 128 valence electrons. The topological polar surface area (TPSA) is 125 Å². The summed E-state index contributed by atoms with van der Waals surface area (Å²) in [6.45, 7) is 0. The Bertz CT molecular complexity index is 845. The first-order chi connectivity index (χ1) is 11.9. The molecule has 0 bridgehead atoms. The molecule has 0 aliphatic rings. The van der Waals surface area contributed by atoms with Crippen LogP contribution in [0.4, 0.5) is 17.1 Å². The monoisotopic (exact) mass is 343 g/mol. The predicted molar refractivity (Wildman–Crippen MR) is 89.8 cm³/mol. The SMILES string of the molecule is COc1ccc(C(=O)/C=C\Nc2ccc([N+](=O)[O-])cc2[N+](=O)[O-])cc1. The molecule has 0 heterocycles. The summed E-state index contributed by atoms with van der Waals surface area (Å²) in [5.41, 5.74) is -0.405. The summed E-state index contributed by atoms with van der Waals surface area (Å²) in [5, 5.41) is 24.3. The van der Waals surface area contributed by atoms with E-state index in [0.717, 1.165) is 12.1 Å². The number of nitro benzene ring substituents is 2. The van der Waals surface area contributed by atoms with Crippen molar-refractivity contribution in [1.29, 1.82) is 0 Å². The highest BCUT2D eigenvalue weighted by Gasteiger charge is 2.18. The number of methoxy groups -OCH3 is 1. The molecule has 0 unspecified atom stereocenters. The van der Waals surface area contributed by atoms with Gasteiger partial charge in [0.05, 0.1) is 23.0 Å². The number of nitro groups is 2. The average molecular weight is 343 g/mol. The smallest absolute Gasteiger partial charge is 0.299 e. The maximum absolute atomic E-state index is 12.0. The molecule has 0 amide bonds. The molecule has 25 heavy (non-hydrogen) atoms. The molecule has 0 saturated carbocycles. The number of nitrogens with zero attached hydrogens (tertiary/aromatic N) is 2. The third-order valence-electron chi connectivity index (χ3n) is 3.24. The first-order valence-electron chi connectivity index (χ1n) is 6.96. The van der Waals surface area contributed by atoms with Gasteiger partial charge in [-0.05, 0) is 30.3 Å². The lowest BCUT2D eigenvalue weighted by Crippen LogP contribution is -1.99. The number of hydrogen-bond acceptors (Lipinski definition) is 7. The molecule has 2 rings (SSSR count). The fourth-order valence-corrected chi connectivity index (χ4v) is 1.97. The van der Waals surface area contributed by atoms with Gasteiger partial charge >= 0.3 is 0 Å². The molecule has 0 aliphatic heterocycles. The van der Waals surface area contributed by atoms with Crippen LogP contribution in [0.1, 0.15) is 10.4 Å². The Morgan fingerprint density at radius 2 is 1.76 bits per heavy atom. The first-order valence-corrected chi connectivity index (χ1v) is 6.96. The molecule has 9 nitrogen and oxygen atoms in total. The second-order valence-corrected chi connectivity index (χ2v) is 4.79. The van der Waals surface area contributed by atoms with Gasteiger partial charge in [0.15, 0.2) is 5.78 Å². The van der Waals surface area contributed by atoms with Gasteiger partial charge in [0.2, 0.25) is 0 Å². The van der Waals surface area contributed by atoms with Gasteiger partial charge in [-0.15, -0.1) is 0 Å². The molecule has 2 aromatic carbocycles. The van der Waals surface area contributed by atoms with Gasteiger partial charge < -0.3 is 10.1 Å². The summed E-state index contributed by atoms with van der Waals surface area (Å²) in [4.78, 5) is 32.2. The highest BCUT2D eigenvalue weighted by atomic mass is 16.6. The van der Waals surface area contributed by atoms with Gasteiger partial charge in [0.25, 0.3) is 11.4 Å². The standard InChI is InChI=1S/C16H13N3O6/c1-25-13-5-2-11(3-6-13)16(20)8-9-17-14-7-4-12(18(21)22)10-15(14)19(23)24/h2-10,17H,1H3/b9-8-. The second-order valence-electron chi connectivity index (χ2n) is 4.79. The molecule has 0 aliphatic carbocycles. The summed E-state index contributed by atoms with van der Waals surface area (Å²) in [5.74, 6) is 0.292. The Morgan fingerprint density at radius 1 is 1.08 bits per heavy atom. The molecule has 0 atom stereocenters. The van der Waals surface area contributed by atoms with Crippen LogP contribution >= 0.6 is 0 Å². The summed E-state index contributed by atoms with van der Waals surface area (Å²) in [7, 11) is 1.51. The van der Waals surface area contributed by atoms with E-state index in [9.17, 15) is 25.0 Å². The summed E-state index contributed by atoms with van der Waals surface area (Å²) >= 11 is 0. The van der Waals surface area contributed by atoms with E-state index in [2.05, 4.69) is 5.32 Å². The molecule has 0 radical (unpaired) electrons. The van der Waals surface area contributed by atoms with Crippen molar-refractivity contribution in [2.45, 2.75) is 0 Å². The lowest BCUT2D eigenvalue weighted by molar-refractivity contribution is -0.393. The van der Waals surface area contributed by atoms with E-state index in [1.807, 2.05) is 0 Å². The van der Waals surface area contributed by atoms with E-state index < -0.39 is 21.2 Å². The van der Waals surface area contributed by atoms with Crippen molar-refractivity contribution in [2.24, 2.45) is 0 Å². The summed E-state index contributed by atoms with van der Waals surface area (Å²) < 4.78 is 5.00. The second kappa shape index (κ2) is 7.68. The third kappa shape index (κ3) is 4.38. The molecule has 0 aromatic heterocycles. The molecular weight excluding hydrogens is 330 g/mol. The number of benzene rings is 2. The van der Waals surface area contributed by atoms with E-state index in [-0.39, 0.29) is 11.5 Å². The zero-order chi connectivity index (χ0) is 18.4. The van der Waals surface area contributed by atoms with E-state index in [4.69, 9.17) is 4.74 Å². The number of ether oxygens (including phenoxy) is 1. The van der Waals surface area contributed by atoms with Gasteiger partial charge in [-0.1, -0.05) is 0 Å². The molecular formula is C16H13N3O6. The largest absolute Gasteiger partial charge is 0.497 e. The van der Waals surface area contributed by atoms with Crippen LogP contribution in [0.3, 0.4) is 0 Å². The van der Waals surface area contributed by atoms with Crippen molar-refractivity contribution in [3.8, 4) is 5.75 Å². The zero-order valence-corrected chi connectivity index (χ0v) is 13.0. The van der Waals surface area contributed by atoms with Gasteiger partial charge in [-0.2, -0.15) is 0 Å². The van der Waals surface area contributed by atoms with Crippen molar-refractivity contribution in [1.82, 2.24) is 0 Å². The fourth-order valence-electron chi connectivity index (χ4n) is 1.97. The third-order valence-corrected chi connectivity index (χ3v) is 3.24. The van der Waals surface area contributed by atoms with E-state index in [1.165, 1.54) is 25.5 Å². The zero-order valence-electron chi connectivity index (χ0n) is 13.0. The van der Waals surface area contributed by atoms with Crippen LogP contribution in [0.2, 0.25) is 0 Å². The highest BCUT2D eigenvalue weighted by Crippen LogP contribution is 2.28. The Labute approximate surface area is 141 Å². The Hall–Kier alpha value is -3.75. The number of carbonyl (C=O) groups excluding carboxylic acids is 1. The van der Waals surface area contributed by atoms with Crippen molar-refractivity contribution in [3.63, 3.8) is 0 Å². The maximum atomic E-state index is 12.0. The van der Waals surface area contributed by atoms with Crippen molar-refractivity contribution in [3.05, 3.63) is 80.5 Å². The molecule has 1 N–H and O–H groups in total. The lowest BCUT2D eigenvalue weighted by atomic mass is 10.1. The molecule has 0 spiro atoms. The number of ketones is 1. The Kier molecular flexibility index (Phi) is 5.41. The van der Waals surface area contributed by atoms with Gasteiger partial charge in [-0.25, -0.2) is 0 Å². The molecule has 0 fully saturated rings. The normalized spacial score (nSPS) is 10.4. The van der Waals surface area contributed by atoms with Crippen LogP contribution in [0.5, 0.6) is 5.75 Å². The first kappa shape index (κ1) is 17.6. The van der Waals surface area contributed by atoms with Crippen LogP contribution in [-0.4, -0.2) is 22.7 Å². The minimum absolute atomic E-state index is 0.0365. The summed E-state index contributed by atoms with van der Waals surface area (Å²) in [6, 6.07) is 9.62. The Balaban J connectivity index is 2.14. The minimum atomic E-state index is -0.742. The number of rotatable bonds is 7. The van der Waals surface area contributed by atoms with Crippen molar-refractivity contribution in [2.75, 3.05) is 12.4 Å². The van der Waals surface area contributed by atoms with Crippen LogP contribution in [0.25, 0.3) is 0 Å². The number of hydrogen-bond donors (Lipinski definition) is 1. The van der Waals surface area contributed by atoms with Crippen LogP contribution < -0.4 is 10.1 Å². The Morgan fingerprint density at radius 3 is 2.32 bits per heavy atom. The number of anilines is 1. The molecule has 0 saturated heterocycles. The molecule has 2 aromatic rings. The van der Waals surface area contributed by atoms with E-state index in [0.29, 0.717) is 11.3 Å². The number of nitrogens with one attached hydrogen (secondary N) is 1. The van der Waals surface area contributed by atoms with E-state index >= 15 is 0 Å².